The molecule has 3 aliphatic rings. The molecule has 2 heterocycles. The van der Waals surface area contributed by atoms with Gasteiger partial charge in [0.15, 0.2) is 0 Å². The summed E-state index contributed by atoms with van der Waals surface area (Å²) in [7, 11) is 0. The number of rotatable bonds is 4. The summed E-state index contributed by atoms with van der Waals surface area (Å²) in [6.07, 6.45) is 5.95. The summed E-state index contributed by atoms with van der Waals surface area (Å²) in [6, 6.07) is 7.30. The van der Waals surface area contributed by atoms with Gasteiger partial charge in [-0.25, -0.2) is 4.79 Å². The van der Waals surface area contributed by atoms with Crippen molar-refractivity contribution in [2.45, 2.75) is 64.8 Å². The summed E-state index contributed by atoms with van der Waals surface area (Å²) < 4.78 is 0. The van der Waals surface area contributed by atoms with Gasteiger partial charge < -0.3 is 15.5 Å². The molecule has 3 fully saturated rings. The van der Waals surface area contributed by atoms with Gasteiger partial charge in [-0.1, -0.05) is 20.8 Å². The maximum absolute atomic E-state index is 13.2. The van der Waals surface area contributed by atoms with Gasteiger partial charge in [0.05, 0.1) is 0 Å². The standard InChI is InChI=1S/C24H34N4O3/c1-17-13-23(2,3)16-24(14-17)21(30)28(22(31)26-24)15-20(29)25-18-7-9-19(10-8-18)27-11-5-4-6-12-27/h7-10,17H,4-6,11-16H2,1-3H3,(H,25,29)(H,26,31)/t17-,24+/m0/s1. The van der Waals surface area contributed by atoms with Gasteiger partial charge in [0, 0.05) is 24.5 Å². The third-order valence-corrected chi connectivity index (χ3v) is 6.80. The van der Waals surface area contributed by atoms with Gasteiger partial charge in [-0.15, -0.1) is 0 Å². The van der Waals surface area contributed by atoms with Crippen LogP contribution in [0.5, 0.6) is 0 Å². The smallest absolute Gasteiger partial charge is 0.325 e. The van der Waals surface area contributed by atoms with E-state index in [1.807, 2.05) is 24.3 Å². The molecule has 0 unspecified atom stereocenters. The predicted octanol–water partition coefficient (Wildman–Crippen LogP) is 3.75. The average Bonchev–Trinajstić information content (AvgIpc) is 2.91. The van der Waals surface area contributed by atoms with Crippen molar-refractivity contribution in [2.75, 3.05) is 29.9 Å². The van der Waals surface area contributed by atoms with E-state index in [2.05, 4.69) is 36.3 Å². The number of imide groups is 1. The van der Waals surface area contributed by atoms with Crippen LogP contribution < -0.4 is 15.5 Å². The van der Waals surface area contributed by atoms with Crippen LogP contribution in [0, 0.1) is 11.3 Å². The van der Waals surface area contributed by atoms with E-state index in [1.165, 1.54) is 19.3 Å². The van der Waals surface area contributed by atoms with Crippen molar-refractivity contribution in [2.24, 2.45) is 11.3 Å². The molecular formula is C24H34N4O3. The molecule has 1 aromatic rings. The van der Waals surface area contributed by atoms with E-state index in [-0.39, 0.29) is 23.8 Å². The van der Waals surface area contributed by atoms with Crippen molar-refractivity contribution in [1.82, 2.24) is 10.2 Å². The van der Waals surface area contributed by atoms with Gasteiger partial charge in [-0.05, 0) is 74.1 Å². The summed E-state index contributed by atoms with van der Waals surface area (Å²) in [5.41, 5.74) is 0.909. The zero-order chi connectivity index (χ0) is 22.2. The minimum absolute atomic E-state index is 0.0328. The Labute approximate surface area is 184 Å². The van der Waals surface area contributed by atoms with Crippen LogP contribution >= 0.6 is 0 Å². The van der Waals surface area contributed by atoms with Crippen LogP contribution in [0.4, 0.5) is 16.2 Å². The molecular weight excluding hydrogens is 392 g/mol. The van der Waals surface area contributed by atoms with E-state index >= 15 is 0 Å². The summed E-state index contributed by atoms with van der Waals surface area (Å²) in [4.78, 5) is 41.8. The third kappa shape index (κ3) is 4.55. The molecule has 7 heteroatoms. The highest BCUT2D eigenvalue weighted by atomic mass is 16.2. The Hall–Kier alpha value is -2.57. The Balaban J connectivity index is 1.38. The first kappa shape index (κ1) is 21.7. The van der Waals surface area contributed by atoms with Gasteiger partial charge in [-0.2, -0.15) is 0 Å². The van der Waals surface area contributed by atoms with Crippen LogP contribution in [-0.4, -0.2) is 47.9 Å². The Morgan fingerprint density at radius 2 is 1.77 bits per heavy atom. The number of nitrogens with one attached hydrogen (secondary N) is 2. The summed E-state index contributed by atoms with van der Waals surface area (Å²) in [5, 5.41) is 5.75. The first-order valence-electron chi connectivity index (χ1n) is 11.5. The molecule has 31 heavy (non-hydrogen) atoms. The summed E-state index contributed by atoms with van der Waals surface area (Å²) >= 11 is 0. The highest BCUT2D eigenvalue weighted by Gasteiger charge is 2.56. The lowest BCUT2D eigenvalue weighted by atomic mass is 9.64. The third-order valence-electron chi connectivity index (χ3n) is 6.80. The van der Waals surface area contributed by atoms with Crippen LogP contribution in [-0.2, 0) is 9.59 Å². The van der Waals surface area contributed by atoms with Crippen LogP contribution in [0.1, 0.15) is 59.3 Å². The largest absolute Gasteiger partial charge is 0.372 e. The van der Waals surface area contributed by atoms with Crippen LogP contribution in [0.25, 0.3) is 0 Å². The molecule has 0 radical (unpaired) electrons. The van der Waals surface area contributed by atoms with E-state index in [0.29, 0.717) is 24.4 Å². The van der Waals surface area contributed by atoms with Crippen molar-refractivity contribution in [3.05, 3.63) is 24.3 Å². The molecule has 4 amide bonds. The first-order chi connectivity index (χ1) is 14.7. The maximum atomic E-state index is 13.2. The van der Waals surface area contributed by atoms with Crippen LogP contribution in [0.3, 0.4) is 0 Å². The van der Waals surface area contributed by atoms with Gasteiger partial charge in [0.25, 0.3) is 5.91 Å². The molecule has 0 bridgehead atoms. The van der Waals surface area contributed by atoms with Crippen molar-refractivity contribution >= 4 is 29.2 Å². The second kappa shape index (κ2) is 8.17. The molecule has 2 N–H and O–H groups in total. The van der Waals surface area contributed by atoms with Crippen molar-refractivity contribution in [3.63, 3.8) is 0 Å². The lowest BCUT2D eigenvalue weighted by molar-refractivity contribution is -0.136. The number of urea groups is 1. The SMILES string of the molecule is C[C@H]1CC(C)(C)C[C@@]2(C1)NC(=O)N(CC(=O)Nc1ccc(N3CCCCC3)cc1)C2=O. The van der Waals surface area contributed by atoms with Gasteiger partial charge >= 0.3 is 6.03 Å². The summed E-state index contributed by atoms with van der Waals surface area (Å²) in [6.45, 7) is 8.24. The number of amides is 4. The monoisotopic (exact) mass is 426 g/mol. The lowest BCUT2D eigenvalue weighted by Crippen LogP contribution is -2.54. The number of hydrogen-bond donors (Lipinski definition) is 2. The minimum Gasteiger partial charge on any atom is -0.372 e. The zero-order valence-corrected chi connectivity index (χ0v) is 18.9. The topological polar surface area (TPSA) is 81.8 Å². The molecule has 2 atom stereocenters. The van der Waals surface area contributed by atoms with Crippen molar-refractivity contribution in [1.29, 1.82) is 0 Å². The lowest BCUT2D eigenvalue weighted by Gasteiger charge is -2.43. The van der Waals surface area contributed by atoms with Gasteiger partial charge in [0.1, 0.15) is 12.1 Å². The van der Waals surface area contributed by atoms with Crippen molar-refractivity contribution < 1.29 is 14.4 Å². The maximum Gasteiger partial charge on any atom is 0.325 e. The van der Waals surface area contributed by atoms with E-state index in [0.717, 1.165) is 30.1 Å². The number of carbonyl (C=O) groups is 3. The van der Waals surface area contributed by atoms with E-state index < -0.39 is 11.6 Å². The Morgan fingerprint density at radius 3 is 2.42 bits per heavy atom. The van der Waals surface area contributed by atoms with Crippen LogP contribution in [0.15, 0.2) is 24.3 Å². The fraction of sp³-hybridized carbons (Fsp3) is 0.625. The number of carbonyl (C=O) groups excluding carboxylic acids is 3. The highest BCUT2D eigenvalue weighted by Crippen LogP contribution is 2.46. The average molecular weight is 427 g/mol. The first-order valence-corrected chi connectivity index (χ1v) is 11.5. The number of hydrogen-bond acceptors (Lipinski definition) is 4. The molecule has 168 valence electrons. The zero-order valence-electron chi connectivity index (χ0n) is 18.9. The number of anilines is 2. The van der Waals surface area contributed by atoms with Crippen LogP contribution in [0.2, 0.25) is 0 Å². The van der Waals surface area contributed by atoms with E-state index in [4.69, 9.17) is 0 Å². The Bertz CT molecular complexity index is 860. The minimum atomic E-state index is -0.880. The number of benzene rings is 1. The normalized spacial score (nSPS) is 28.0. The second-order valence-electron chi connectivity index (χ2n) is 10.4. The number of nitrogens with zero attached hydrogens (tertiary/aromatic N) is 2. The Kier molecular flexibility index (Phi) is 5.71. The molecule has 7 nitrogen and oxygen atoms in total. The molecule has 1 spiro atoms. The molecule has 1 aromatic carbocycles. The molecule has 2 aliphatic heterocycles. The Morgan fingerprint density at radius 1 is 1.10 bits per heavy atom. The van der Waals surface area contributed by atoms with Gasteiger partial charge in [-0.3, -0.25) is 14.5 Å². The number of piperidine rings is 1. The summed E-state index contributed by atoms with van der Waals surface area (Å²) in [5.74, 6) is -0.303. The van der Waals surface area contributed by atoms with E-state index in [1.54, 1.807) is 0 Å². The predicted molar refractivity (Wildman–Crippen MR) is 121 cm³/mol. The molecule has 0 aromatic heterocycles. The molecule has 2 saturated heterocycles. The fourth-order valence-corrected chi connectivity index (χ4v) is 5.90. The molecule has 1 saturated carbocycles. The quantitative estimate of drug-likeness (QED) is 0.719. The van der Waals surface area contributed by atoms with E-state index in [9.17, 15) is 14.4 Å². The highest BCUT2D eigenvalue weighted by molar-refractivity contribution is 6.10. The van der Waals surface area contributed by atoms with Gasteiger partial charge in [0.2, 0.25) is 5.91 Å². The van der Waals surface area contributed by atoms with Crippen molar-refractivity contribution in [3.8, 4) is 0 Å². The molecule has 1 aliphatic carbocycles. The molecule has 4 rings (SSSR count). The fourth-order valence-electron chi connectivity index (χ4n) is 5.90. The second-order valence-corrected chi connectivity index (χ2v) is 10.4.